The van der Waals surface area contributed by atoms with Gasteiger partial charge in [0.2, 0.25) is 0 Å². The van der Waals surface area contributed by atoms with Crippen LogP contribution >= 0.6 is 0 Å². The minimum Gasteiger partial charge on any atom is -0.394 e. The number of anilines is 1. The fraction of sp³-hybridized carbons (Fsp3) is 0.667. The zero-order chi connectivity index (χ0) is 13.7. The monoisotopic (exact) mass is 263 g/mol. The standard InChI is InChI=1S/C15H25N3O/c1-3-8-16-12(2)14-7-4-9-17-15(14)18-10-5-6-13(18)11-19/h4,7,9,12-13,16,19H,3,5-6,8,10-11H2,1-2H3. The normalized spacial score (nSPS) is 20.8. The van der Waals surface area contributed by atoms with Crippen LogP contribution in [0.5, 0.6) is 0 Å². The molecule has 0 aromatic carbocycles. The summed E-state index contributed by atoms with van der Waals surface area (Å²) in [5, 5.41) is 13.0. The molecule has 2 heterocycles. The van der Waals surface area contributed by atoms with Crippen LogP contribution in [0.25, 0.3) is 0 Å². The van der Waals surface area contributed by atoms with Gasteiger partial charge in [-0.15, -0.1) is 0 Å². The molecule has 1 aromatic rings. The van der Waals surface area contributed by atoms with E-state index in [0.29, 0.717) is 6.04 Å². The molecule has 1 aliphatic heterocycles. The van der Waals surface area contributed by atoms with Gasteiger partial charge in [-0.2, -0.15) is 0 Å². The molecule has 0 aliphatic carbocycles. The maximum atomic E-state index is 9.48. The van der Waals surface area contributed by atoms with Crippen molar-refractivity contribution in [1.29, 1.82) is 0 Å². The summed E-state index contributed by atoms with van der Waals surface area (Å²) in [6, 6.07) is 4.66. The van der Waals surface area contributed by atoms with Crippen molar-refractivity contribution >= 4 is 5.82 Å². The molecule has 0 spiro atoms. The summed E-state index contributed by atoms with van der Waals surface area (Å²) in [7, 11) is 0. The van der Waals surface area contributed by atoms with Crippen molar-refractivity contribution in [2.24, 2.45) is 0 Å². The molecule has 0 saturated carbocycles. The fourth-order valence-corrected chi connectivity index (χ4v) is 2.76. The summed E-state index contributed by atoms with van der Waals surface area (Å²) < 4.78 is 0. The Morgan fingerprint density at radius 3 is 3.16 bits per heavy atom. The Hall–Kier alpha value is -1.13. The molecule has 1 saturated heterocycles. The minimum absolute atomic E-state index is 0.215. The van der Waals surface area contributed by atoms with Gasteiger partial charge in [0.25, 0.3) is 0 Å². The third kappa shape index (κ3) is 3.25. The Morgan fingerprint density at radius 2 is 2.42 bits per heavy atom. The van der Waals surface area contributed by atoms with Gasteiger partial charge in [-0.25, -0.2) is 4.98 Å². The van der Waals surface area contributed by atoms with Crippen molar-refractivity contribution in [3.8, 4) is 0 Å². The van der Waals surface area contributed by atoms with Gasteiger partial charge in [-0.3, -0.25) is 0 Å². The van der Waals surface area contributed by atoms with E-state index in [9.17, 15) is 5.11 Å². The predicted octanol–water partition coefficient (Wildman–Crippen LogP) is 2.10. The minimum atomic E-state index is 0.215. The first kappa shape index (κ1) is 14.3. The molecule has 2 unspecified atom stereocenters. The molecule has 1 aliphatic rings. The van der Waals surface area contributed by atoms with Gasteiger partial charge >= 0.3 is 0 Å². The largest absolute Gasteiger partial charge is 0.394 e. The van der Waals surface area contributed by atoms with E-state index < -0.39 is 0 Å². The van der Waals surface area contributed by atoms with E-state index in [1.54, 1.807) is 0 Å². The zero-order valence-electron chi connectivity index (χ0n) is 12.0. The first-order valence-corrected chi connectivity index (χ1v) is 7.33. The average molecular weight is 263 g/mol. The number of aliphatic hydroxyl groups is 1. The summed E-state index contributed by atoms with van der Waals surface area (Å²) in [5.74, 6) is 1.04. The molecule has 2 rings (SSSR count). The molecule has 4 nitrogen and oxygen atoms in total. The van der Waals surface area contributed by atoms with Crippen LogP contribution in [0, 0.1) is 0 Å². The third-order valence-electron chi connectivity index (χ3n) is 3.84. The first-order valence-electron chi connectivity index (χ1n) is 7.33. The first-order chi connectivity index (χ1) is 9.27. The van der Waals surface area contributed by atoms with Gasteiger partial charge in [-0.05, 0) is 38.8 Å². The Bertz CT molecular complexity index is 397. The van der Waals surface area contributed by atoms with Crippen LogP contribution in [0.15, 0.2) is 18.3 Å². The van der Waals surface area contributed by atoms with Gasteiger partial charge in [0.05, 0.1) is 12.6 Å². The Balaban J connectivity index is 2.20. The molecule has 19 heavy (non-hydrogen) atoms. The van der Waals surface area contributed by atoms with Gasteiger partial charge in [0, 0.05) is 24.3 Å². The van der Waals surface area contributed by atoms with Crippen LogP contribution in [0.4, 0.5) is 5.82 Å². The summed E-state index contributed by atoms with van der Waals surface area (Å²) in [4.78, 5) is 6.83. The van der Waals surface area contributed by atoms with Crippen molar-refractivity contribution < 1.29 is 5.11 Å². The van der Waals surface area contributed by atoms with Gasteiger partial charge in [-0.1, -0.05) is 13.0 Å². The second-order valence-corrected chi connectivity index (χ2v) is 5.26. The molecule has 106 valence electrons. The number of aromatic nitrogens is 1. The zero-order valence-corrected chi connectivity index (χ0v) is 12.0. The highest BCUT2D eigenvalue weighted by Gasteiger charge is 2.27. The van der Waals surface area contributed by atoms with Crippen LogP contribution in [0.1, 0.15) is 44.7 Å². The fourth-order valence-electron chi connectivity index (χ4n) is 2.76. The molecule has 2 N–H and O–H groups in total. The number of nitrogens with one attached hydrogen (secondary N) is 1. The SMILES string of the molecule is CCCNC(C)c1cccnc1N1CCCC1CO. The lowest BCUT2D eigenvalue weighted by molar-refractivity contribution is 0.266. The quantitative estimate of drug-likeness (QED) is 0.825. The average Bonchev–Trinajstić information content (AvgIpc) is 2.93. The lowest BCUT2D eigenvalue weighted by Crippen LogP contribution is -2.34. The number of nitrogens with zero attached hydrogens (tertiary/aromatic N) is 2. The van der Waals surface area contributed by atoms with Crippen LogP contribution in [-0.2, 0) is 0 Å². The Morgan fingerprint density at radius 1 is 1.58 bits per heavy atom. The van der Waals surface area contributed by atoms with Gasteiger partial charge < -0.3 is 15.3 Å². The van der Waals surface area contributed by atoms with E-state index in [2.05, 4.69) is 35.1 Å². The lowest BCUT2D eigenvalue weighted by Gasteiger charge is -2.28. The van der Waals surface area contributed by atoms with Gasteiger partial charge in [0.15, 0.2) is 0 Å². The van der Waals surface area contributed by atoms with Crippen LogP contribution in [0.3, 0.4) is 0 Å². The van der Waals surface area contributed by atoms with Crippen molar-refractivity contribution in [3.63, 3.8) is 0 Å². The van der Waals surface area contributed by atoms with Crippen molar-refractivity contribution in [2.75, 3.05) is 24.6 Å². The lowest BCUT2D eigenvalue weighted by atomic mass is 10.1. The number of pyridine rings is 1. The molecule has 1 aromatic heterocycles. The number of rotatable bonds is 6. The number of hydrogen-bond acceptors (Lipinski definition) is 4. The highest BCUT2D eigenvalue weighted by atomic mass is 16.3. The molecule has 4 heteroatoms. The Kier molecular flexibility index (Phi) is 5.16. The molecule has 0 amide bonds. The Labute approximate surface area is 115 Å². The maximum absolute atomic E-state index is 9.48. The molecular weight excluding hydrogens is 238 g/mol. The van der Waals surface area contributed by atoms with Crippen LogP contribution in [-0.4, -0.2) is 35.8 Å². The van der Waals surface area contributed by atoms with Crippen molar-refractivity contribution in [2.45, 2.75) is 45.2 Å². The van der Waals surface area contributed by atoms with E-state index in [1.165, 1.54) is 5.56 Å². The molecule has 0 bridgehead atoms. The second kappa shape index (κ2) is 6.87. The highest BCUT2D eigenvalue weighted by Crippen LogP contribution is 2.29. The van der Waals surface area contributed by atoms with E-state index in [-0.39, 0.29) is 12.6 Å². The van der Waals surface area contributed by atoms with E-state index in [0.717, 1.165) is 38.2 Å². The van der Waals surface area contributed by atoms with E-state index in [1.807, 2.05) is 12.3 Å². The maximum Gasteiger partial charge on any atom is 0.133 e. The van der Waals surface area contributed by atoms with Crippen molar-refractivity contribution in [1.82, 2.24) is 10.3 Å². The number of hydrogen-bond donors (Lipinski definition) is 2. The second-order valence-electron chi connectivity index (χ2n) is 5.26. The summed E-state index contributed by atoms with van der Waals surface area (Å²) in [6.07, 6.45) is 5.17. The molecule has 0 radical (unpaired) electrons. The summed E-state index contributed by atoms with van der Waals surface area (Å²) in [6.45, 7) is 6.58. The summed E-state index contributed by atoms with van der Waals surface area (Å²) in [5.41, 5.74) is 1.23. The molecular formula is C15H25N3O. The van der Waals surface area contributed by atoms with E-state index in [4.69, 9.17) is 0 Å². The topological polar surface area (TPSA) is 48.4 Å². The van der Waals surface area contributed by atoms with Gasteiger partial charge in [0.1, 0.15) is 5.82 Å². The van der Waals surface area contributed by atoms with Crippen molar-refractivity contribution in [3.05, 3.63) is 23.9 Å². The molecule has 2 atom stereocenters. The van der Waals surface area contributed by atoms with E-state index >= 15 is 0 Å². The highest BCUT2D eigenvalue weighted by molar-refractivity contribution is 5.50. The summed E-state index contributed by atoms with van der Waals surface area (Å²) >= 11 is 0. The number of aliphatic hydroxyl groups excluding tert-OH is 1. The third-order valence-corrected chi connectivity index (χ3v) is 3.84. The smallest absolute Gasteiger partial charge is 0.133 e. The molecule has 1 fully saturated rings. The van der Waals surface area contributed by atoms with Crippen LogP contribution in [0.2, 0.25) is 0 Å². The van der Waals surface area contributed by atoms with Crippen LogP contribution < -0.4 is 10.2 Å². The predicted molar refractivity (Wildman–Crippen MR) is 78.4 cm³/mol.